The number of carbonyl (C=O) groups excluding carboxylic acids is 2. The minimum absolute atomic E-state index is 0. The smallest absolute Gasteiger partial charge is 0.254 e. The van der Waals surface area contributed by atoms with Crippen molar-refractivity contribution in [1.29, 1.82) is 0 Å². The Morgan fingerprint density at radius 2 is 1.96 bits per heavy atom. The SMILES string of the molecule is CC(=O)N1CCc2cc(C(=O)N3CCNC(C)C3C)ccc21.Cl. The second kappa shape index (κ2) is 6.89. The lowest BCUT2D eigenvalue weighted by Crippen LogP contribution is -2.57. The lowest BCUT2D eigenvalue weighted by molar-refractivity contribution is -0.116. The van der Waals surface area contributed by atoms with Gasteiger partial charge in [0.05, 0.1) is 0 Å². The highest BCUT2D eigenvalue weighted by Crippen LogP contribution is 2.29. The Bertz CT molecular complexity index is 620. The Labute approximate surface area is 143 Å². The quantitative estimate of drug-likeness (QED) is 0.850. The first kappa shape index (κ1) is 17.8. The molecule has 2 atom stereocenters. The van der Waals surface area contributed by atoms with E-state index in [4.69, 9.17) is 0 Å². The predicted molar refractivity (Wildman–Crippen MR) is 93.4 cm³/mol. The van der Waals surface area contributed by atoms with Gasteiger partial charge in [-0.05, 0) is 44.0 Å². The zero-order valence-electron chi connectivity index (χ0n) is 13.8. The van der Waals surface area contributed by atoms with Crippen molar-refractivity contribution in [2.45, 2.75) is 39.3 Å². The van der Waals surface area contributed by atoms with E-state index >= 15 is 0 Å². The summed E-state index contributed by atoms with van der Waals surface area (Å²) in [6.07, 6.45) is 0.823. The summed E-state index contributed by atoms with van der Waals surface area (Å²) >= 11 is 0. The molecule has 2 aliphatic heterocycles. The Morgan fingerprint density at radius 1 is 1.22 bits per heavy atom. The summed E-state index contributed by atoms with van der Waals surface area (Å²) < 4.78 is 0. The highest BCUT2D eigenvalue weighted by molar-refractivity contribution is 5.98. The lowest BCUT2D eigenvalue weighted by atomic mass is 10.0. The molecule has 1 saturated heterocycles. The van der Waals surface area contributed by atoms with Crippen LogP contribution in [0.3, 0.4) is 0 Å². The van der Waals surface area contributed by atoms with Crippen LogP contribution in [0.15, 0.2) is 18.2 Å². The fourth-order valence-electron chi connectivity index (χ4n) is 3.37. The molecule has 2 unspecified atom stereocenters. The topological polar surface area (TPSA) is 52.7 Å². The fraction of sp³-hybridized carbons (Fsp3) is 0.529. The summed E-state index contributed by atoms with van der Waals surface area (Å²) in [5.74, 6) is 0.146. The van der Waals surface area contributed by atoms with Gasteiger partial charge in [0.15, 0.2) is 0 Å². The van der Waals surface area contributed by atoms with E-state index in [1.807, 2.05) is 23.1 Å². The molecule has 1 fully saturated rings. The van der Waals surface area contributed by atoms with E-state index in [2.05, 4.69) is 19.2 Å². The van der Waals surface area contributed by atoms with Crippen LogP contribution < -0.4 is 10.2 Å². The van der Waals surface area contributed by atoms with Gasteiger partial charge in [-0.2, -0.15) is 0 Å². The van der Waals surface area contributed by atoms with Gasteiger partial charge in [0.1, 0.15) is 0 Å². The zero-order valence-corrected chi connectivity index (χ0v) is 14.7. The molecular weight excluding hydrogens is 314 g/mol. The van der Waals surface area contributed by atoms with E-state index in [0.717, 1.165) is 36.3 Å². The van der Waals surface area contributed by atoms with Crippen LogP contribution in [0.2, 0.25) is 0 Å². The summed E-state index contributed by atoms with van der Waals surface area (Å²) in [5, 5.41) is 3.39. The van der Waals surface area contributed by atoms with Gasteiger partial charge < -0.3 is 15.1 Å². The summed E-state index contributed by atoms with van der Waals surface area (Å²) in [6.45, 7) is 8.06. The van der Waals surface area contributed by atoms with Gasteiger partial charge >= 0.3 is 0 Å². The molecule has 126 valence electrons. The molecule has 0 radical (unpaired) electrons. The normalized spacial score (nSPS) is 23.3. The van der Waals surface area contributed by atoms with Gasteiger partial charge in [0.25, 0.3) is 5.91 Å². The van der Waals surface area contributed by atoms with Crippen LogP contribution in [0.25, 0.3) is 0 Å². The van der Waals surface area contributed by atoms with Gasteiger partial charge in [0, 0.05) is 49.9 Å². The van der Waals surface area contributed by atoms with Crippen molar-refractivity contribution in [2.75, 3.05) is 24.5 Å². The number of carbonyl (C=O) groups is 2. The number of hydrogen-bond acceptors (Lipinski definition) is 3. The van der Waals surface area contributed by atoms with Crippen LogP contribution in [-0.2, 0) is 11.2 Å². The number of rotatable bonds is 1. The van der Waals surface area contributed by atoms with Crippen molar-refractivity contribution in [1.82, 2.24) is 10.2 Å². The van der Waals surface area contributed by atoms with Crippen molar-refractivity contribution in [3.8, 4) is 0 Å². The Morgan fingerprint density at radius 3 is 2.65 bits per heavy atom. The first-order valence-corrected chi connectivity index (χ1v) is 7.94. The standard InChI is InChI=1S/C17H23N3O2.ClH/c1-11-12(2)19(9-7-18-11)17(22)15-4-5-16-14(10-15)6-8-20(16)13(3)21;/h4-5,10-12,18H,6-9H2,1-3H3;1H. The Hall–Kier alpha value is -1.59. The van der Waals surface area contributed by atoms with Crippen LogP contribution in [-0.4, -0.2) is 48.4 Å². The third kappa shape index (κ3) is 3.21. The molecule has 0 aromatic heterocycles. The van der Waals surface area contributed by atoms with Crippen LogP contribution in [0.5, 0.6) is 0 Å². The molecule has 1 aromatic rings. The molecule has 6 heteroatoms. The molecule has 0 saturated carbocycles. The number of benzene rings is 1. The first-order valence-electron chi connectivity index (χ1n) is 7.94. The second-order valence-electron chi connectivity index (χ2n) is 6.25. The van der Waals surface area contributed by atoms with E-state index in [1.54, 1.807) is 11.8 Å². The fourth-order valence-corrected chi connectivity index (χ4v) is 3.37. The van der Waals surface area contributed by atoms with Crippen molar-refractivity contribution >= 4 is 29.9 Å². The van der Waals surface area contributed by atoms with Crippen LogP contribution >= 0.6 is 12.4 Å². The van der Waals surface area contributed by atoms with Gasteiger partial charge in [0.2, 0.25) is 5.91 Å². The number of hydrogen-bond donors (Lipinski definition) is 1. The number of fused-ring (bicyclic) bond motifs is 1. The van der Waals surface area contributed by atoms with E-state index in [1.165, 1.54) is 0 Å². The predicted octanol–water partition coefficient (Wildman–Crippen LogP) is 1.84. The van der Waals surface area contributed by atoms with E-state index in [-0.39, 0.29) is 30.3 Å². The van der Waals surface area contributed by atoms with Crippen molar-refractivity contribution in [2.24, 2.45) is 0 Å². The average Bonchev–Trinajstić information content (AvgIpc) is 2.92. The molecule has 2 aliphatic rings. The highest BCUT2D eigenvalue weighted by Gasteiger charge is 2.30. The number of piperazine rings is 1. The number of amides is 2. The summed E-state index contributed by atoms with van der Waals surface area (Å²) in [6, 6.07) is 6.21. The molecule has 23 heavy (non-hydrogen) atoms. The van der Waals surface area contributed by atoms with Crippen LogP contribution in [0, 0.1) is 0 Å². The van der Waals surface area contributed by atoms with Crippen LogP contribution in [0.4, 0.5) is 5.69 Å². The van der Waals surface area contributed by atoms with E-state index in [9.17, 15) is 9.59 Å². The molecule has 0 aliphatic carbocycles. The van der Waals surface area contributed by atoms with E-state index < -0.39 is 0 Å². The number of nitrogens with one attached hydrogen (secondary N) is 1. The Kier molecular flexibility index (Phi) is 5.32. The van der Waals surface area contributed by atoms with Crippen molar-refractivity contribution in [3.05, 3.63) is 29.3 Å². The largest absolute Gasteiger partial charge is 0.333 e. The maximum absolute atomic E-state index is 12.8. The monoisotopic (exact) mass is 337 g/mol. The molecular formula is C17H24ClN3O2. The molecule has 0 spiro atoms. The molecule has 5 nitrogen and oxygen atoms in total. The van der Waals surface area contributed by atoms with Gasteiger partial charge in [-0.1, -0.05) is 0 Å². The third-order valence-corrected chi connectivity index (χ3v) is 4.90. The summed E-state index contributed by atoms with van der Waals surface area (Å²) in [7, 11) is 0. The second-order valence-corrected chi connectivity index (χ2v) is 6.25. The first-order chi connectivity index (χ1) is 10.5. The number of nitrogens with zero attached hydrogens (tertiary/aromatic N) is 2. The minimum Gasteiger partial charge on any atom is -0.333 e. The van der Waals surface area contributed by atoms with Gasteiger partial charge in [-0.15, -0.1) is 12.4 Å². The highest BCUT2D eigenvalue weighted by atomic mass is 35.5. The molecule has 3 rings (SSSR count). The summed E-state index contributed by atoms with van der Waals surface area (Å²) in [5.41, 5.74) is 2.77. The molecule has 1 aromatic carbocycles. The van der Waals surface area contributed by atoms with Gasteiger partial charge in [-0.3, -0.25) is 9.59 Å². The molecule has 2 heterocycles. The maximum Gasteiger partial charge on any atom is 0.254 e. The van der Waals surface area contributed by atoms with E-state index in [0.29, 0.717) is 12.6 Å². The lowest BCUT2D eigenvalue weighted by Gasteiger charge is -2.38. The van der Waals surface area contributed by atoms with Gasteiger partial charge in [-0.25, -0.2) is 0 Å². The minimum atomic E-state index is 0. The number of anilines is 1. The molecule has 2 amide bonds. The Balaban J connectivity index is 0.00000192. The third-order valence-electron chi connectivity index (χ3n) is 4.90. The zero-order chi connectivity index (χ0) is 15.9. The summed E-state index contributed by atoms with van der Waals surface area (Å²) in [4.78, 5) is 28.1. The maximum atomic E-state index is 12.8. The number of halogens is 1. The van der Waals surface area contributed by atoms with Crippen molar-refractivity contribution in [3.63, 3.8) is 0 Å². The molecule has 1 N–H and O–H groups in total. The van der Waals surface area contributed by atoms with Crippen LogP contribution in [0.1, 0.15) is 36.7 Å². The van der Waals surface area contributed by atoms with Crippen molar-refractivity contribution < 1.29 is 9.59 Å². The average molecular weight is 338 g/mol. The molecule has 0 bridgehead atoms.